The molecule has 0 aliphatic rings. The van der Waals surface area contributed by atoms with Crippen LogP contribution in [0.5, 0.6) is 0 Å². The van der Waals surface area contributed by atoms with E-state index in [4.69, 9.17) is 9.15 Å². The zero-order chi connectivity index (χ0) is 20.9. The van der Waals surface area contributed by atoms with Crippen molar-refractivity contribution in [2.45, 2.75) is 46.8 Å². The molecule has 8 heteroatoms. The number of ether oxygens (including phenoxy) is 1. The first-order chi connectivity index (χ1) is 13.0. The third kappa shape index (κ3) is 6.15. The van der Waals surface area contributed by atoms with Gasteiger partial charge in [0.2, 0.25) is 0 Å². The normalized spacial score (nSPS) is 10.9. The summed E-state index contributed by atoms with van der Waals surface area (Å²) in [4.78, 5) is 35.9. The molecule has 0 unspecified atom stereocenters. The van der Waals surface area contributed by atoms with E-state index >= 15 is 0 Å². The van der Waals surface area contributed by atoms with E-state index in [1.165, 1.54) is 0 Å². The van der Waals surface area contributed by atoms with Gasteiger partial charge in [0, 0.05) is 12.1 Å². The van der Waals surface area contributed by atoms with Crippen LogP contribution >= 0.6 is 0 Å². The molecule has 3 amide bonds. The Kier molecular flexibility index (Phi) is 6.45. The minimum atomic E-state index is -0.565. The maximum atomic E-state index is 12.2. The Hall–Kier alpha value is -3.29. The standard InChI is InChI=1S/C20H25N3O5/c1-12-10-16(13(2)27-12)18(25)23-22-17(24)15-8-6-14(7-9-15)11-21-19(26)28-20(3,4)5/h6-10H,11H2,1-5H3,(H,21,26)(H,22,24)(H,23,25). The number of furan rings is 1. The molecule has 0 saturated heterocycles. The molecule has 1 heterocycles. The van der Waals surface area contributed by atoms with Crippen LogP contribution in [0.25, 0.3) is 0 Å². The Morgan fingerprint density at radius 3 is 2.14 bits per heavy atom. The Balaban J connectivity index is 1.85. The lowest BCUT2D eigenvalue weighted by Gasteiger charge is -2.19. The first-order valence-electron chi connectivity index (χ1n) is 8.78. The summed E-state index contributed by atoms with van der Waals surface area (Å²) in [5.74, 6) is 0.175. The average molecular weight is 387 g/mol. The zero-order valence-corrected chi connectivity index (χ0v) is 16.6. The van der Waals surface area contributed by atoms with E-state index in [-0.39, 0.29) is 6.54 Å². The molecule has 28 heavy (non-hydrogen) atoms. The van der Waals surface area contributed by atoms with Gasteiger partial charge in [0.05, 0.1) is 5.56 Å². The van der Waals surface area contributed by atoms with Crippen molar-refractivity contribution in [3.63, 3.8) is 0 Å². The molecule has 0 fully saturated rings. The highest BCUT2D eigenvalue weighted by Gasteiger charge is 2.16. The number of nitrogens with one attached hydrogen (secondary N) is 3. The fraction of sp³-hybridized carbons (Fsp3) is 0.350. The quantitative estimate of drug-likeness (QED) is 0.699. The summed E-state index contributed by atoms with van der Waals surface area (Å²) in [7, 11) is 0. The third-order valence-corrected chi connectivity index (χ3v) is 3.63. The zero-order valence-electron chi connectivity index (χ0n) is 16.6. The van der Waals surface area contributed by atoms with Crippen molar-refractivity contribution >= 4 is 17.9 Å². The topological polar surface area (TPSA) is 110 Å². The second-order valence-corrected chi connectivity index (χ2v) is 7.29. The van der Waals surface area contributed by atoms with Crippen LogP contribution in [0, 0.1) is 13.8 Å². The molecule has 0 atom stereocenters. The number of hydrogen-bond acceptors (Lipinski definition) is 5. The van der Waals surface area contributed by atoms with Crippen molar-refractivity contribution in [2.75, 3.05) is 0 Å². The third-order valence-electron chi connectivity index (χ3n) is 3.63. The van der Waals surface area contributed by atoms with Crippen LogP contribution < -0.4 is 16.2 Å². The molecule has 150 valence electrons. The number of hydrazine groups is 1. The van der Waals surface area contributed by atoms with Gasteiger partial charge in [0.1, 0.15) is 17.1 Å². The summed E-state index contributed by atoms with van der Waals surface area (Å²) in [6, 6.07) is 8.21. The lowest BCUT2D eigenvalue weighted by Crippen LogP contribution is -2.41. The molecule has 0 aliphatic carbocycles. The van der Waals surface area contributed by atoms with Crippen molar-refractivity contribution in [2.24, 2.45) is 0 Å². The van der Waals surface area contributed by atoms with E-state index in [9.17, 15) is 14.4 Å². The van der Waals surface area contributed by atoms with E-state index in [2.05, 4.69) is 16.2 Å². The molecule has 0 aliphatic heterocycles. The highest BCUT2D eigenvalue weighted by atomic mass is 16.6. The minimum absolute atomic E-state index is 0.271. The molecule has 1 aromatic heterocycles. The molecule has 0 radical (unpaired) electrons. The number of amides is 3. The number of carbonyl (C=O) groups is 3. The lowest BCUT2D eigenvalue weighted by atomic mass is 10.1. The van der Waals surface area contributed by atoms with E-state index < -0.39 is 23.5 Å². The molecular weight excluding hydrogens is 362 g/mol. The summed E-state index contributed by atoms with van der Waals surface area (Å²) in [5.41, 5.74) is 5.68. The first-order valence-corrected chi connectivity index (χ1v) is 8.78. The molecule has 0 bridgehead atoms. The highest BCUT2D eigenvalue weighted by molar-refractivity contribution is 5.99. The second-order valence-electron chi connectivity index (χ2n) is 7.29. The van der Waals surface area contributed by atoms with Crippen molar-refractivity contribution in [1.82, 2.24) is 16.2 Å². The van der Waals surface area contributed by atoms with Gasteiger partial charge in [-0.2, -0.15) is 0 Å². The maximum absolute atomic E-state index is 12.2. The number of hydrogen-bond donors (Lipinski definition) is 3. The smallest absolute Gasteiger partial charge is 0.407 e. The first kappa shape index (κ1) is 21.0. The van der Waals surface area contributed by atoms with Gasteiger partial charge in [-0.3, -0.25) is 20.4 Å². The maximum Gasteiger partial charge on any atom is 0.407 e. The van der Waals surface area contributed by atoms with Crippen LogP contribution in [0.4, 0.5) is 4.79 Å². The molecule has 2 aromatic rings. The highest BCUT2D eigenvalue weighted by Crippen LogP contribution is 2.13. The summed E-state index contributed by atoms with van der Waals surface area (Å²) in [5, 5.41) is 2.64. The number of alkyl carbamates (subject to hydrolysis) is 1. The predicted octanol–water partition coefficient (Wildman–Crippen LogP) is 3.00. The van der Waals surface area contributed by atoms with Gasteiger partial charge in [0.15, 0.2) is 0 Å². The summed E-state index contributed by atoms with van der Waals surface area (Å²) in [6.45, 7) is 9.04. The van der Waals surface area contributed by atoms with Crippen molar-refractivity contribution in [3.05, 3.63) is 58.5 Å². The van der Waals surface area contributed by atoms with Crippen molar-refractivity contribution in [1.29, 1.82) is 0 Å². The molecule has 1 aromatic carbocycles. The van der Waals surface area contributed by atoms with Gasteiger partial charge in [0.25, 0.3) is 11.8 Å². The van der Waals surface area contributed by atoms with Crippen LogP contribution in [0.2, 0.25) is 0 Å². The van der Waals surface area contributed by atoms with Gasteiger partial charge in [-0.05, 0) is 58.4 Å². The lowest BCUT2D eigenvalue weighted by molar-refractivity contribution is 0.0523. The Morgan fingerprint density at radius 1 is 1.00 bits per heavy atom. The average Bonchev–Trinajstić information content (AvgIpc) is 2.95. The Morgan fingerprint density at radius 2 is 1.61 bits per heavy atom. The molecule has 3 N–H and O–H groups in total. The monoisotopic (exact) mass is 387 g/mol. The van der Waals surface area contributed by atoms with E-state index in [1.54, 1.807) is 65.0 Å². The van der Waals surface area contributed by atoms with Crippen molar-refractivity contribution in [3.8, 4) is 0 Å². The van der Waals surface area contributed by atoms with Crippen molar-refractivity contribution < 1.29 is 23.5 Å². The fourth-order valence-corrected chi connectivity index (χ4v) is 2.37. The van der Waals surface area contributed by atoms with Gasteiger partial charge >= 0.3 is 6.09 Å². The predicted molar refractivity (Wildman–Crippen MR) is 103 cm³/mol. The molecule has 2 rings (SSSR count). The van der Waals surface area contributed by atoms with Crippen LogP contribution in [-0.4, -0.2) is 23.5 Å². The molecular formula is C20H25N3O5. The van der Waals surface area contributed by atoms with Crippen LogP contribution in [0.3, 0.4) is 0 Å². The molecule has 0 spiro atoms. The summed E-state index contributed by atoms with van der Waals surface area (Å²) >= 11 is 0. The Bertz CT molecular complexity index is 863. The van der Waals surface area contributed by atoms with E-state index in [1.807, 2.05) is 0 Å². The Labute approximate surface area is 163 Å². The van der Waals surface area contributed by atoms with Crippen LogP contribution in [0.1, 0.15) is 58.6 Å². The van der Waals surface area contributed by atoms with Gasteiger partial charge < -0.3 is 14.5 Å². The van der Waals surface area contributed by atoms with E-state index in [0.717, 1.165) is 5.56 Å². The summed E-state index contributed by atoms with van der Waals surface area (Å²) < 4.78 is 10.5. The van der Waals surface area contributed by atoms with Gasteiger partial charge in [-0.1, -0.05) is 12.1 Å². The second kappa shape index (κ2) is 8.60. The SMILES string of the molecule is Cc1cc(C(=O)NNC(=O)c2ccc(CNC(=O)OC(C)(C)C)cc2)c(C)o1. The summed E-state index contributed by atoms with van der Waals surface area (Å²) in [6.07, 6.45) is -0.512. The minimum Gasteiger partial charge on any atom is -0.466 e. The number of aryl methyl sites for hydroxylation is 2. The van der Waals surface area contributed by atoms with E-state index in [0.29, 0.717) is 22.6 Å². The number of rotatable bonds is 4. The largest absolute Gasteiger partial charge is 0.466 e. The van der Waals surface area contributed by atoms with Gasteiger partial charge in [-0.25, -0.2) is 4.79 Å². The van der Waals surface area contributed by atoms with Crippen LogP contribution in [0.15, 0.2) is 34.7 Å². The number of carbonyl (C=O) groups excluding carboxylic acids is 3. The van der Waals surface area contributed by atoms with Gasteiger partial charge in [-0.15, -0.1) is 0 Å². The fourth-order valence-electron chi connectivity index (χ4n) is 2.37. The molecule has 0 saturated carbocycles. The number of benzene rings is 1. The van der Waals surface area contributed by atoms with Crippen LogP contribution in [-0.2, 0) is 11.3 Å². The molecule has 8 nitrogen and oxygen atoms in total.